The van der Waals surface area contributed by atoms with Crippen molar-refractivity contribution in [1.82, 2.24) is 15.1 Å². The second kappa shape index (κ2) is 7.50. The fraction of sp³-hybridized carbons (Fsp3) is 0.450. The first-order valence-corrected chi connectivity index (χ1v) is 9.15. The number of nitrogens with zero attached hydrogens (tertiary/aromatic N) is 2. The maximum Gasteiger partial charge on any atom is 0.232 e. The molecule has 1 aromatic carbocycles. The second-order valence-corrected chi connectivity index (χ2v) is 7.60. The third-order valence-electron chi connectivity index (χ3n) is 5.18. The smallest absolute Gasteiger partial charge is 0.232 e. The molecule has 1 atom stereocenters. The van der Waals surface area contributed by atoms with Crippen molar-refractivity contribution in [2.75, 3.05) is 18.4 Å². The van der Waals surface area contributed by atoms with Crippen LogP contribution in [0.4, 0.5) is 10.1 Å². The number of piperidine rings is 1. The van der Waals surface area contributed by atoms with Crippen molar-refractivity contribution < 1.29 is 14.0 Å². The van der Waals surface area contributed by atoms with Crippen molar-refractivity contribution in [3.8, 4) is 0 Å². The fourth-order valence-corrected chi connectivity index (χ4v) is 3.69. The van der Waals surface area contributed by atoms with Gasteiger partial charge in [-0.15, -0.1) is 0 Å². The largest absolute Gasteiger partial charge is 0.341 e. The topological polar surface area (TPSA) is 78.1 Å². The van der Waals surface area contributed by atoms with E-state index in [1.54, 1.807) is 18.3 Å². The van der Waals surface area contributed by atoms with E-state index in [9.17, 15) is 14.0 Å². The predicted octanol–water partition coefficient (Wildman–Crippen LogP) is 3.19. The zero-order valence-electron chi connectivity index (χ0n) is 15.9. The second-order valence-electron chi connectivity index (χ2n) is 7.60. The molecule has 1 saturated heterocycles. The predicted molar refractivity (Wildman–Crippen MR) is 101 cm³/mol. The van der Waals surface area contributed by atoms with Crippen molar-refractivity contribution in [2.45, 2.75) is 44.9 Å². The molecule has 2 aromatic rings. The van der Waals surface area contributed by atoms with Gasteiger partial charge in [0.1, 0.15) is 5.82 Å². The van der Waals surface area contributed by atoms with Crippen LogP contribution in [0.5, 0.6) is 0 Å². The zero-order valence-corrected chi connectivity index (χ0v) is 15.9. The minimum absolute atomic E-state index is 0.0293. The molecule has 0 bridgehead atoms. The average Bonchev–Trinajstić information content (AvgIpc) is 3.08. The Hall–Kier alpha value is -2.70. The molecule has 1 aliphatic heterocycles. The van der Waals surface area contributed by atoms with Crippen molar-refractivity contribution in [3.05, 3.63) is 47.5 Å². The summed E-state index contributed by atoms with van der Waals surface area (Å²) in [7, 11) is 0. The zero-order chi connectivity index (χ0) is 19.6. The summed E-state index contributed by atoms with van der Waals surface area (Å²) in [5.74, 6) is -0.468. The molecule has 6 nitrogen and oxygen atoms in total. The van der Waals surface area contributed by atoms with E-state index in [0.29, 0.717) is 24.3 Å². The van der Waals surface area contributed by atoms with Crippen molar-refractivity contribution >= 4 is 17.5 Å². The molecular formula is C20H25FN4O2. The standard InChI is InChI=1S/C20H25FN4O2/c1-13(26)23-17-11-22-24-18(17)14-6-5-9-25(12-14)19(27)20(2,3)15-7-4-8-16(21)10-15/h4,7-8,10-11,14H,5-6,9,12H2,1-3H3,(H,22,24)(H,23,26). The number of aromatic amines is 1. The number of anilines is 1. The molecule has 1 aromatic heterocycles. The van der Waals surface area contributed by atoms with Crippen LogP contribution in [0.3, 0.4) is 0 Å². The Morgan fingerprint density at radius 1 is 1.37 bits per heavy atom. The van der Waals surface area contributed by atoms with Gasteiger partial charge in [0.2, 0.25) is 11.8 Å². The molecule has 0 aliphatic carbocycles. The summed E-state index contributed by atoms with van der Waals surface area (Å²) in [4.78, 5) is 26.4. The fourth-order valence-electron chi connectivity index (χ4n) is 3.69. The summed E-state index contributed by atoms with van der Waals surface area (Å²) in [6.07, 6.45) is 3.35. The number of likely N-dealkylation sites (tertiary alicyclic amines) is 1. The van der Waals surface area contributed by atoms with Crippen LogP contribution in [0.15, 0.2) is 30.5 Å². The Kier molecular flexibility index (Phi) is 5.30. The lowest BCUT2D eigenvalue weighted by atomic mass is 9.82. The Morgan fingerprint density at radius 3 is 2.85 bits per heavy atom. The van der Waals surface area contributed by atoms with E-state index in [0.717, 1.165) is 18.5 Å². The first-order valence-electron chi connectivity index (χ1n) is 9.15. The summed E-state index contributed by atoms with van der Waals surface area (Å²) in [6, 6.07) is 6.21. The third kappa shape index (κ3) is 4.02. The molecule has 2 N–H and O–H groups in total. The van der Waals surface area contributed by atoms with E-state index in [1.165, 1.54) is 19.1 Å². The van der Waals surface area contributed by atoms with Gasteiger partial charge < -0.3 is 10.2 Å². The molecule has 3 rings (SSSR count). The average molecular weight is 372 g/mol. The first-order chi connectivity index (χ1) is 12.8. The maximum absolute atomic E-state index is 13.6. The Labute approximate surface area is 158 Å². The number of carbonyl (C=O) groups excluding carboxylic acids is 2. The number of H-pyrrole nitrogens is 1. The number of hydrogen-bond acceptors (Lipinski definition) is 3. The minimum Gasteiger partial charge on any atom is -0.341 e. The SMILES string of the molecule is CC(=O)Nc1cn[nH]c1C1CCCN(C(=O)C(C)(C)c2cccc(F)c2)C1. The van der Waals surface area contributed by atoms with Gasteiger partial charge >= 0.3 is 0 Å². The number of amides is 2. The molecule has 144 valence electrons. The van der Waals surface area contributed by atoms with Crippen molar-refractivity contribution in [2.24, 2.45) is 0 Å². The van der Waals surface area contributed by atoms with E-state index in [1.807, 2.05) is 18.7 Å². The molecule has 2 amide bonds. The van der Waals surface area contributed by atoms with Crippen LogP contribution < -0.4 is 5.32 Å². The normalized spacial score (nSPS) is 17.6. The van der Waals surface area contributed by atoms with Gasteiger partial charge in [0.05, 0.1) is 23.0 Å². The molecule has 0 saturated carbocycles. The van der Waals surface area contributed by atoms with Gasteiger partial charge in [-0.05, 0) is 44.4 Å². The van der Waals surface area contributed by atoms with E-state index in [2.05, 4.69) is 15.5 Å². The van der Waals surface area contributed by atoms with E-state index in [-0.39, 0.29) is 23.5 Å². The van der Waals surface area contributed by atoms with E-state index >= 15 is 0 Å². The van der Waals surface area contributed by atoms with Gasteiger partial charge in [0, 0.05) is 25.9 Å². The molecule has 0 radical (unpaired) electrons. The Bertz CT molecular complexity index is 846. The molecule has 1 aliphatic rings. The molecule has 7 heteroatoms. The summed E-state index contributed by atoms with van der Waals surface area (Å²) < 4.78 is 13.6. The number of rotatable bonds is 4. The van der Waals surface area contributed by atoms with Crippen LogP contribution in [0.2, 0.25) is 0 Å². The molecule has 0 spiro atoms. The maximum atomic E-state index is 13.6. The summed E-state index contributed by atoms with van der Waals surface area (Å²) in [6.45, 7) is 6.30. The van der Waals surface area contributed by atoms with Crippen molar-refractivity contribution in [3.63, 3.8) is 0 Å². The number of carbonyl (C=O) groups is 2. The van der Waals surface area contributed by atoms with Gasteiger partial charge in [-0.2, -0.15) is 5.10 Å². The first kappa shape index (κ1) is 19.1. The summed E-state index contributed by atoms with van der Waals surface area (Å²) >= 11 is 0. The number of aromatic nitrogens is 2. The van der Waals surface area contributed by atoms with Crippen LogP contribution in [-0.4, -0.2) is 40.0 Å². The highest BCUT2D eigenvalue weighted by molar-refractivity contribution is 5.89. The van der Waals surface area contributed by atoms with E-state index in [4.69, 9.17) is 0 Å². The van der Waals surface area contributed by atoms with E-state index < -0.39 is 5.41 Å². The number of nitrogens with one attached hydrogen (secondary N) is 2. The lowest BCUT2D eigenvalue weighted by Gasteiger charge is -2.37. The molecule has 1 fully saturated rings. The Balaban J connectivity index is 1.79. The third-order valence-corrected chi connectivity index (χ3v) is 5.18. The number of halogens is 1. The summed E-state index contributed by atoms with van der Waals surface area (Å²) in [5.41, 5.74) is 1.34. The minimum atomic E-state index is -0.821. The van der Waals surface area contributed by atoms with Gasteiger partial charge in [-0.3, -0.25) is 14.7 Å². The van der Waals surface area contributed by atoms with Crippen LogP contribution in [0, 0.1) is 5.82 Å². The van der Waals surface area contributed by atoms with Gasteiger partial charge in [-0.1, -0.05) is 12.1 Å². The number of hydrogen-bond donors (Lipinski definition) is 2. The van der Waals surface area contributed by atoms with Crippen LogP contribution in [0.25, 0.3) is 0 Å². The van der Waals surface area contributed by atoms with Gasteiger partial charge in [0.25, 0.3) is 0 Å². The molecule has 1 unspecified atom stereocenters. The summed E-state index contributed by atoms with van der Waals surface area (Å²) in [5, 5.41) is 9.79. The highest BCUT2D eigenvalue weighted by Gasteiger charge is 2.37. The highest BCUT2D eigenvalue weighted by atomic mass is 19.1. The lowest BCUT2D eigenvalue weighted by Crippen LogP contribution is -2.47. The van der Waals surface area contributed by atoms with Gasteiger partial charge in [0.15, 0.2) is 0 Å². The Morgan fingerprint density at radius 2 is 2.15 bits per heavy atom. The van der Waals surface area contributed by atoms with Gasteiger partial charge in [-0.25, -0.2) is 4.39 Å². The van der Waals surface area contributed by atoms with Crippen molar-refractivity contribution in [1.29, 1.82) is 0 Å². The van der Waals surface area contributed by atoms with Crippen LogP contribution >= 0.6 is 0 Å². The molecule has 2 heterocycles. The molecule has 27 heavy (non-hydrogen) atoms. The highest BCUT2D eigenvalue weighted by Crippen LogP contribution is 2.33. The number of benzene rings is 1. The quantitative estimate of drug-likeness (QED) is 0.865. The van der Waals surface area contributed by atoms with Crippen LogP contribution in [0.1, 0.15) is 50.8 Å². The lowest BCUT2D eigenvalue weighted by molar-refractivity contribution is -0.137. The molecular weight excluding hydrogens is 347 g/mol. The monoisotopic (exact) mass is 372 g/mol. The van der Waals surface area contributed by atoms with Crippen LogP contribution in [-0.2, 0) is 15.0 Å².